The molecule has 0 spiro atoms. The summed E-state index contributed by atoms with van der Waals surface area (Å²) in [6.07, 6.45) is 2.57. The van der Waals surface area contributed by atoms with Gasteiger partial charge in [-0.3, -0.25) is 14.3 Å². The van der Waals surface area contributed by atoms with Gasteiger partial charge in [-0.2, -0.15) is 5.10 Å². The SMILES string of the molecule is Cc1nn(C)c2ncc(NC(=O)C3Cc4ccccc4CN3C(=O)CC(C)C)cc12. The van der Waals surface area contributed by atoms with Gasteiger partial charge < -0.3 is 10.2 Å². The highest BCUT2D eigenvalue weighted by molar-refractivity contribution is 5.98. The zero-order valence-corrected chi connectivity index (χ0v) is 17.8. The molecule has 0 saturated carbocycles. The van der Waals surface area contributed by atoms with Crippen LogP contribution in [0.25, 0.3) is 11.0 Å². The number of anilines is 1. The largest absolute Gasteiger partial charge is 0.326 e. The lowest BCUT2D eigenvalue weighted by Gasteiger charge is -2.36. The van der Waals surface area contributed by atoms with Crippen LogP contribution < -0.4 is 5.32 Å². The number of hydrogen-bond donors (Lipinski definition) is 1. The van der Waals surface area contributed by atoms with Crippen molar-refractivity contribution in [3.63, 3.8) is 0 Å². The number of aromatic nitrogens is 3. The van der Waals surface area contributed by atoms with Crippen LogP contribution in [0.15, 0.2) is 36.5 Å². The summed E-state index contributed by atoms with van der Waals surface area (Å²) in [4.78, 5) is 32.3. The van der Waals surface area contributed by atoms with Gasteiger partial charge >= 0.3 is 0 Å². The van der Waals surface area contributed by atoms with Gasteiger partial charge in [0.05, 0.1) is 17.6 Å². The van der Waals surface area contributed by atoms with Crippen molar-refractivity contribution in [2.45, 2.75) is 46.2 Å². The fraction of sp³-hybridized carbons (Fsp3) is 0.391. The normalized spacial score (nSPS) is 16.0. The number of aryl methyl sites for hydroxylation is 2. The average molecular weight is 406 g/mol. The quantitative estimate of drug-likeness (QED) is 0.723. The van der Waals surface area contributed by atoms with E-state index in [1.54, 1.807) is 15.8 Å². The second kappa shape index (κ2) is 7.89. The molecule has 4 rings (SSSR count). The Balaban J connectivity index is 1.61. The summed E-state index contributed by atoms with van der Waals surface area (Å²) in [6, 6.07) is 9.36. The molecule has 7 heteroatoms. The van der Waals surface area contributed by atoms with Gasteiger partial charge in [0, 0.05) is 31.8 Å². The summed E-state index contributed by atoms with van der Waals surface area (Å²) >= 11 is 0. The number of nitrogens with zero attached hydrogens (tertiary/aromatic N) is 4. The molecule has 3 aromatic rings. The molecule has 1 N–H and O–H groups in total. The van der Waals surface area contributed by atoms with Crippen LogP contribution in [0.4, 0.5) is 5.69 Å². The van der Waals surface area contributed by atoms with E-state index in [0.717, 1.165) is 27.9 Å². The van der Waals surface area contributed by atoms with Crippen LogP contribution in [-0.2, 0) is 29.6 Å². The Morgan fingerprint density at radius 2 is 1.97 bits per heavy atom. The fourth-order valence-electron chi connectivity index (χ4n) is 4.09. The average Bonchev–Trinajstić information content (AvgIpc) is 2.99. The third-order valence-electron chi connectivity index (χ3n) is 5.58. The summed E-state index contributed by atoms with van der Waals surface area (Å²) < 4.78 is 1.72. The third-order valence-corrected chi connectivity index (χ3v) is 5.58. The predicted octanol–water partition coefficient (Wildman–Crippen LogP) is 3.21. The highest BCUT2D eigenvalue weighted by Gasteiger charge is 2.34. The van der Waals surface area contributed by atoms with Crippen LogP contribution in [0.3, 0.4) is 0 Å². The van der Waals surface area contributed by atoms with Crippen LogP contribution in [0.2, 0.25) is 0 Å². The van der Waals surface area contributed by atoms with E-state index in [1.807, 2.05) is 58.2 Å². The number of hydrogen-bond acceptors (Lipinski definition) is 4. The summed E-state index contributed by atoms with van der Waals surface area (Å²) in [5.41, 5.74) is 4.46. The van der Waals surface area contributed by atoms with Gasteiger partial charge in [0.2, 0.25) is 11.8 Å². The van der Waals surface area contributed by atoms with Crippen molar-refractivity contribution in [2.24, 2.45) is 13.0 Å². The van der Waals surface area contributed by atoms with Crippen molar-refractivity contribution in [3.05, 3.63) is 53.3 Å². The summed E-state index contributed by atoms with van der Waals surface area (Å²) in [7, 11) is 1.85. The van der Waals surface area contributed by atoms with Gasteiger partial charge in [-0.1, -0.05) is 38.1 Å². The number of pyridine rings is 1. The molecule has 2 amide bonds. The summed E-state index contributed by atoms with van der Waals surface area (Å²) in [5, 5.41) is 8.25. The van der Waals surface area contributed by atoms with Crippen molar-refractivity contribution in [1.82, 2.24) is 19.7 Å². The van der Waals surface area contributed by atoms with Crippen LogP contribution in [0.5, 0.6) is 0 Å². The first-order valence-electron chi connectivity index (χ1n) is 10.3. The van der Waals surface area contributed by atoms with Crippen molar-refractivity contribution in [3.8, 4) is 0 Å². The Labute approximate surface area is 176 Å². The van der Waals surface area contributed by atoms with E-state index in [0.29, 0.717) is 25.1 Å². The molecule has 2 aromatic heterocycles. The van der Waals surface area contributed by atoms with E-state index >= 15 is 0 Å². The molecule has 3 heterocycles. The lowest BCUT2D eigenvalue weighted by Crippen LogP contribution is -2.50. The number of amides is 2. The molecule has 0 aliphatic carbocycles. The first kappa shape index (κ1) is 20.1. The Kier molecular flexibility index (Phi) is 5.28. The summed E-state index contributed by atoms with van der Waals surface area (Å²) in [5.74, 6) is 0.0548. The molecule has 0 radical (unpaired) electrons. The minimum atomic E-state index is -0.545. The maximum absolute atomic E-state index is 13.3. The maximum atomic E-state index is 13.3. The summed E-state index contributed by atoms with van der Waals surface area (Å²) in [6.45, 7) is 6.41. The molecule has 7 nitrogen and oxygen atoms in total. The molecule has 1 unspecified atom stereocenters. The molecule has 1 atom stereocenters. The molecule has 0 saturated heterocycles. The van der Waals surface area contributed by atoms with Crippen LogP contribution in [0.1, 0.15) is 37.1 Å². The van der Waals surface area contributed by atoms with Crippen molar-refractivity contribution < 1.29 is 9.59 Å². The van der Waals surface area contributed by atoms with E-state index < -0.39 is 6.04 Å². The number of fused-ring (bicyclic) bond motifs is 2. The van der Waals surface area contributed by atoms with E-state index in [2.05, 4.69) is 15.4 Å². The van der Waals surface area contributed by atoms with Gasteiger partial charge in [-0.15, -0.1) is 0 Å². The van der Waals surface area contributed by atoms with E-state index in [1.165, 1.54) is 0 Å². The minimum absolute atomic E-state index is 0.0105. The van der Waals surface area contributed by atoms with Crippen molar-refractivity contribution in [1.29, 1.82) is 0 Å². The molecule has 0 bridgehead atoms. The highest BCUT2D eigenvalue weighted by Crippen LogP contribution is 2.26. The lowest BCUT2D eigenvalue weighted by atomic mass is 9.92. The predicted molar refractivity (Wildman–Crippen MR) is 116 cm³/mol. The second-order valence-electron chi connectivity index (χ2n) is 8.40. The number of nitrogens with one attached hydrogen (secondary N) is 1. The van der Waals surface area contributed by atoms with Crippen molar-refractivity contribution in [2.75, 3.05) is 5.32 Å². The van der Waals surface area contributed by atoms with Crippen LogP contribution in [0, 0.1) is 12.8 Å². The molecular formula is C23H27N5O2. The molecular weight excluding hydrogens is 378 g/mol. The van der Waals surface area contributed by atoms with E-state index in [9.17, 15) is 9.59 Å². The number of carbonyl (C=O) groups excluding carboxylic acids is 2. The fourth-order valence-corrected chi connectivity index (χ4v) is 4.09. The van der Waals surface area contributed by atoms with Gasteiger partial charge in [0.15, 0.2) is 5.65 Å². The maximum Gasteiger partial charge on any atom is 0.247 e. The molecule has 156 valence electrons. The Hall–Kier alpha value is -3.22. The van der Waals surface area contributed by atoms with E-state index in [-0.39, 0.29) is 17.7 Å². The molecule has 0 fully saturated rings. The first-order valence-corrected chi connectivity index (χ1v) is 10.3. The Bertz CT molecular complexity index is 1120. The molecule has 1 aliphatic heterocycles. The van der Waals surface area contributed by atoms with E-state index in [4.69, 9.17) is 0 Å². The minimum Gasteiger partial charge on any atom is -0.326 e. The van der Waals surface area contributed by atoms with Gasteiger partial charge in [0.25, 0.3) is 0 Å². The van der Waals surface area contributed by atoms with Crippen LogP contribution in [-0.4, -0.2) is 37.5 Å². The molecule has 1 aromatic carbocycles. The second-order valence-corrected chi connectivity index (χ2v) is 8.40. The number of benzene rings is 1. The van der Waals surface area contributed by atoms with Gasteiger partial charge in [0.1, 0.15) is 6.04 Å². The first-order chi connectivity index (χ1) is 14.3. The zero-order valence-electron chi connectivity index (χ0n) is 17.8. The highest BCUT2D eigenvalue weighted by atomic mass is 16.2. The van der Waals surface area contributed by atoms with Gasteiger partial charge in [-0.25, -0.2) is 4.98 Å². The Morgan fingerprint density at radius 1 is 1.23 bits per heavy atom. The standard InChI is InChI=1S/C23H27N5O2/c1-14(2)9-21(29)28-13-17-8-6-5-7-16(17)10-20(28)23(30)25-18-11-19-15(3)26-27(4)22(19)24-12-18/h5-8,11-12,14,20H,9-10,13H2,1-4H3,(H,25,30). The Morgan fingerprint density at radius 3 is 2.70 bits per heavy atom. The van der Waals surface area contributed by atoms with Gasteiger partial charge in [-0.05, 0) is 30.0 Å². The monoisotopic (exact) mass is 405 g/mol. The third kappa shape index (κ3) is 3.79. The number of carbonyl (C=O) groups is 2. The molecule has 30 heavy (non-hydrogen) atoms. The smallest absolute Gasteiger partial charge is 0.247 e. The topological polar surface area (TPSA) is 80.1 Å². The van der Waals surface area contributed by atoms with Crippen LogP contribution >= 0.6 is 0 Å². The zero-order chi connectivity index (χ0) is 21.4. The molecule has 1 aliphatic rings. The lowest BCUT2D eigenvalue weighted by molar-refractivity contribution is -0.140. The van der Waals surface area contributed by atoms with Crippen molar-refractivity contribution >= 4 is 28.5 Å². The number of rotatable bonds is 4.